The van der Waals surface area contributed by atoms with Crippen molar-refractivity contribution in [2.75, 3.05) is 61.9 Å². The van der Waals surface area contributed by atoms with Crippen LogP contribution in [0.5, 0.6) is 0 Å². The highest BCUT2D eigenvalue weighted by atomic mass is 32.2. The molecule has 556 valence electrons. The van der Waals surface area contributed by atoms with Crippen LogP contribution in [0.15, 0.2) is 223 Å². The number of H-pyrrole nitrogens is 1. The number of aliphatic carboxylic acids is 1. The minimum absolute atomic E-state index is 0.0174. The van der Waals surface area contributed by atoms with E-state index in [0.29, 0.717) is 49.9 Å². The standard InChI is InChI=1S/C30H36N4O3S.C23H30N4O.C19H24N4O2S.C11H14O2/c1-22-11-14-27(15-12-22)38(36,37)34-28-16-13-23(17-24(28)20-32-34)18-26(33(4)5)21-31-29(35)19-30(2,3)25-9-7-6-8-10-25;1-23(2,19-8-6-5-7-9-19)14-22(28)24-16-20(27(3)4)13-17-10-11-21-18(12-17)15-25-26-21;1-14-4-7-18(8-5-14)26(24,25)23-19-9-6-15(10-16(19)13-21-23)11-17(12-20)22(2)3;1-11(2,8-10(12)13)9-6-4-3-5-7-9/h6-17,20,26H,18-19,21H2,1-5H3,(H,31,35);5-12,15,20H,13-14,16H2,1-4H3,(H,24,28)(H,25,26);4-10,13,17H,11-12,20H2,1-3H3;3-7H,8H2,1-2H3,(H,12,13)/t26-;20-;17-;/m000./s1. The van der Waals surface area contributed by atoms with E-state index in [0.717, 1.165) is 76.1 Å². The van der Waals surface area contributed by atoms with E-state index in [1.807, 2.05) is 159 Å². The second-order valence-electron chi connectivity index (χ2n) is 29.7. The maximum Gasteiger partial charge on any atom is 0.304 e. The normalized spacial score (nSPS) is 12.9. The van der Waals surface area contributed by atoms with Crippen LogP contribution in [0.2, 0.25) is 0 Å². The lowest BCUT2D eigenvalue weighted by molar-refractivity contribution is -0.138. The maximum absolute atomic E-state index is 13.2. The zero-order chi connectivity index (χ0) is 76.4. The molecule has 0 saturated carbocycles. The molecule has 8 aromatic carbocycles. The molecule has 0 saturated heterocycles. The van der Waals surface area contributed by atoms with Gasteiger partial charge in [-0.15, -0.1) is 0 Å². The first kappa shape index (κ1) is 81.0. The van der Waals surface area contributed by atoms with Gasteiger partial charge in [-0.05, 0) is 180 Å². The van der Waals surface area contributed by atoms with Crippen LogP contribution in [0, 0.1) is 13.8 Å². The van der Waals surface area contributed by atoms with Crippen molar-refractivity contribution in [3.05, 3.63) is 257 Å². The molecule has 11 rings (SSSR count). The number of carbonyl (C=O) groups is 3. The van der Waals surface area contributed by atoms with E-state index in [9.17, 15) is 31.2 Å². The topological polar surface area (TPSA) is 264 Å². The fourth-order valence-corrected chi connectivity index (χ4v) is 15.0. The molecule has 0 aliphatic heterocycles. The van der Waals surface area contributed by atoms with E-state index in [4.69, 9.17) is 10.8 Å². The second-order valence-corrected chi connectivity index (χ2v) is 33.2. The van der Waals surface area contributed by atoms with Crippen molar-refractivity contribution in [3.63, 3.8) is 0 Å². The van der Waals surface area contributed by atoms with Crippen LogP contribution in [-0.2, 0) is 69.9 Å². The number of benzene rings is 8. The molecule has 0 radical (unpaired) electrons. The van der Waals surface area contributed by atoms with Gasteiger partial charge in [-0.3, -0.25) is 19.5 Å². The molecule has 20 nitrogen and oxygen atoms in total. The number of nitrogens with zero attached hydrogens (tertiary/aromatic N) is 8. The molecule has 0 unspecified atom stereocenters. The number of fused-ring (bicyclic) bond motifs is 3. The quantitative estimate of drug-likeness (QED) is 0.0320. The first-order chi connectivity index (χ1) is 49.7. The van der Waals surface area contributed by atoms with Crippen LogP contribution in [0.4, 0.5) is 0 Å². The Labute approximate surface area is 620 Å². The average Bonchev–Trinajstić information content (AvgIpc) is 1.66. The van der Waals surface area contributed by atoms with Gasteiger partial charge in [-0.2, -0.15) is 40.3 Å². The van der Waals surface area contributed by atoms with E-state index in [-0.39, 0.29) is 62.4 Å². The largest absolute Gasteiger partial charge is 0.481 e. The Kier molecular flexibility index (Phi) is 27.7. The predicted molar refractivity (Wildman–Crippen MR) is 422 cm³/mol. The van der Waals surface area contributed by atoms with Gasteiger partial charge >= 0.3 is 5.97 Å². The number of carbonyl (C=O) groups excluding carboxylic acids is 2. The third-order valence-corrected chi connectivity index (χ3v) is 22.4. The Morgan fingerprint density at radius 1 is 0.467 bits per heavy atom. The summed E-state index contributed by atoms with van der Waals surface area (Å²) in [6, 6.07) is 61.9. The molecule has 0 bridgehead atoms. The number of nitrogens with two attached hydrogens (primary N) is 1. The van der Waals surface area contributed by atoms with Crippen LogP contribution in [0.25, 0.3) is 32.7 Å². The summed E-state index contributed by atoms with van der Waals surface area (Å²) in [5.74, 6) is -0.649. The van der Waals surface area contributed by atoms with Crippen molar-refractivity contribution in [2.24, 2.45) is 5.73 Å². The minimum atomic E-state index is -3.79. The van der Waals surface area contributed by atoms with Gasteiger partial charge < -0.3 is 36.2 Å². The molecule has 3 aromatic heterocycles. The molecule has 2 amide bonds. The lowest BCUT2D eigenvalue weighted by Crippen LogP contribution is -2.42. The average molecular weight is 1460 g/mol. The first-order valence-corrected chi connectivity index (χ1v) is 38.2. The summed E-state index contributed by atoms with van der Waals surface area (Å²) in [6.07, 6.45) is 8.43. The number of nitrogens with one attached hydrogen (secondary N) is 3. The van der Waals surface area contributed by atoms with Crippen LogP contribution in [0.1, 0.15) is 105 Å². The Morgan fingerprint density at radius 2 is 0.810 bits per heavy atom. The highest BCUT2D eigenvalue weighted by Gasteiger charge is 2.29. The first-order valence-electron chi connectivity index (χ1n) is 35.3. The van der Waals surface area contributed by atoms with Gasteiger partial charge in [0.25, 0.3) is 20.0 Å². The van der Waals surface area contributed by atoms with Crippen molar-refractivity contribution in [3.8, 4) is 0 Å². The molecular weight excluding hydrogens is 1360 g/mol. The molecule has 105 heavy (non-hydrogen) atoms. The number of aryl methyl sites for hydroxylation is 2. The van der Waals surface area contributed by atoms with Gasteiger partial charge in [-0.1, -0.05) is 186 Å². The second kappa shape index (κ2) is 35.9. The van der Waals surface area contributed by atoms with Crippen molar-refractivity contribution >= 4 is 70.5 Å². The van der Waals surface area contributed by atoms with Crippen molar-refractivity contribution in [2.45, 2.75) is 138 Å². The number of aromatic nitrogens is 6. The fraction of sp³-hybridized carbons (Fsp3) is 0.349. The fourth-order valence-electron chi connectivity index (χ4n) is 12.4. The minimum Gasteiger partial charge on any atom is -0.481 e. The third-order valence-electron chi connectivity index (χ3n) is 19.2. The number of carboxylic acids is 1. The third kappa shape index (κ3) is 22.2. The summed E-state index contributed by atoms with van der Waals surface area (Å²) in [4.78, 5) is 42.8. The van der Waals surface area contributed by atoms with Crippen LogP contribution in [0.3, 0.4) is 0 Å². The summed E-state index contributed by atoms with van der Waals surface area (Å²) in [6.45, 7) is 17.8. The summed E-state index contributed by atoms with van der Waals surface area (Å²) in [5, 5.41) is 33.0. The molecule has 0 fully saturated rings. The van der Waals surface area contributed by atoms with E-state index < -0.39 is 26.0 Å². The number of hydrogen-bond donors (Lipinski definition) is 5. The molecule has 0 aliphatic carbocycles. The Hall–Kier alpha value is -9.68. The van der Waals surface area contributed by atoms with E-state index >= 15 is 0 Å². The number of amides is 2. The van der Waals surface area contributed by atoms with Gasteiger partial charge in [0, 0.05) is 72.2 Å². The van der Waals surface area contributed by atoms with Gasteiger partial charge in [0.2, 0.25) is 11.8 Å². The van der Waals surface area contributed by atoms with Crippen LogP contribution >= 0.6 is 0 Å². The van der Waals surface area contributed by atoms with Crippen molar-refractivity contribution in [1.29, 1.82) is 0 Å². The van der Waals surface area contributed by atoms with Crippen molar-refractivity contribution in [1.82, 2.24) is 53.9 Å². The van der Waals surface area contributed by atoms with E-state index in [1.165, 1.54) is 11.1 Å². The molecule has 3 heterocycles. The Balaban J connectivity index is 0.000000186. The van der Waals surface area contributed by atoms with Gasteiger partial charge in [-0.25, -0.2) is 0 Å². The van der Waals surface area contributed by atoms with Crippen LogP contribution in [-0.4, -0.2) is 163 Å². The van der Waals surface area contributed by atoms with Gasteiger partial charge in [0.05, 0.1) is 51.4 Å². The Morgan fingerprint density at radius 3 is 1.16 bits per heavy atom. The van der Waals surface area contributed by atoms with Gasteiger partial charge in [0.1, 0.15) is 0 Å². The van der Waals surface area contributed by atoms with E-state index in [1.54, 1.807) is 67.0 Å². The number of likely N-dealkylation sites (N-methyl/N-ethyl adjacent to an activating group) is 3. The zero-order valence-corrected chi connectivity index (χ0v) is 64.7. The highest BCUT2D eigenvalue weighted by Crippen LogP contribution is 2.31. The number of carboxylic acid groups (broad SMARTS) is 1. The summed E-state index contributed by atoms with van der Waals surface area (Å²) in [7, 11) is 4.60. The van der Waals surface area contributed by atoms with Crippen LogP contribution < -0.4 is 16.4 Å². The van der Waals surface area contributed by atoms with Crippen molar-refractivity contribution < 1.29 is 36.3 Å². The molecule has 11 aromatic rings. The number of hydrogen-bond acceptors (Lipinski definition) is 14. The number of aromatic amines is 1. The van der Waals surface area contributed by atoms with E-state index in [2.05, 4.69) is 130 Å². The predicted octanol–water partition coefficient (Wildman–Crippen LogP) is 12.5. The highest BCUT2D eigenvalue weighted by molar-refractivity contribution is 7.90. The SMILES string of the molecule is CC(C)(CC(=O)O)c1ccccc1.CN(C)[C@H](CNC(=O)CC(C)(C)c1ccccc1)Cc1ccc2[nH]ncc2c1.Cc1ccc(S(=O)(=O)n2ncc3cc(C[C@@H](CN)N(C)C)ccc32)cc1.Cc1ccc(S(=O)(=O)n2ncc3cc(C[C@@H](CNC(=O)CC(C)(C)c4ccccc4)N(C)C)ccc32)cc1. The van der Waals surface area contributed by atoms with Gasteiger partial charge in [0.15, 0.2) is 0 Å². The maximum atomic E-state index is 13.2. The lowest BCUT2D eigenvalue weighted by atomic mass is 9.81. The molecule has 0 spiro atoms. The summed E-state index contributed by atoms with van der Waals surface area (Å²) in [5.41, 5.74) is 16.0. The molecule has 22 heteroatoms. The summed E-state index contributed by atoms with van der Waals surface area (Å²) < 4.78 is 54.3. The molecule has 3 atom stereocenters. The monoisotopic (exact) mass is 1460 g/mol. The number of rotatable bonds is 27. The summed E-state index contributed by atoms with van der Waals surface area (Å²) >= 11 is 0. The molecule has 0 aliphatic rings. The molecular formula is C83H104N12O8S2. The lowest BCUT2D eigenvalue weighted by Gasteiger charge is -2.27. The molecule has 6 N–H and O–H groups in total. The smallest absolute Gasteiger partial charge is 0.304 e. The Bertz CT molecular complexity index is 4880. The zero-order valence-electron chi connectivity index (χ0n) is 63.1.